The number of hydrogen-bond donors (Lipinski definition) is 2. The Kier molecular flexibility index (Phi) is 3.27. The van der Waals surface area contributed by atoms with Crippen molar-refractivity contribution in [2.45, 2.75) is 19.0 Å². The van der Waals surface area contributed by atoms with Crippen molar-refractivity contribution in [2.24, 2.45) is 0 Å². The van der Waals surface area contributed by atoms with Crippen molar-refractivity contribution in [3.05, 3.63) is 42.0 Å². The number of carboxylic acids is 1. The predicted molar refractivity (Wildman–Crippen MR) is 70.6 cm³/mol. The number of urea groups is 1. The second-order valence-electron chi connectivity index (χ2n) is 4.56. The van der Waals surface area contributed by atoms with Gasteiger partial charge in [0.05, 0.1) is 6.54 Å². The summed E-state index contributed by atoms with van der Waals surface area (Å²) in [5.41, 5.74) is 1.44. The average molecular weight is 288 g/mol. The molecule has 1 aromatic carbocycles. The van der Waals surface area contributed by atoms with Gasteiger partial charge in [-0.2, -0.15) is 4.98 Å². The maximum atomic E-state index is 12.3. The molecule has 1 atom stereocenters. The van der Waals surface area contributed by atoms with E-state index in [9.17, 15) is 14.7 Å². The van der Waals surface area contributed by atoms with Crippen LogP contribution in [0.4, 0.5) is 10.5 Å². The summed E-state index contributed by atoms with van der Waals surface area (Å²) < 4.78 is 4.57. The Morgan fingerprint density at radius 3 is 2.95 bits per heavy atom. The van der Waals surface area contributed by atoms with Gasteiger partial charge in [-0.15, -0.1) is 0 Å². The molecule has 3 rings (SSSR count). The number of benzene rings is 1. The number of nitrogens with zero attached hydrogens (tertiary/aromatic N) is 3. The van der Waals surface area contributed by atoms with Crippen molar-refractivity contribution in [1.29, 1.82) is 0 Å². The van der Waals surface area contributed by atoms with Gasteiger partial charge in [-0.1, -0.05) is 23.4 Å². The van der Waals surface area contributed by atoms with Gasteiger partial charge in [0.15, 0.2) is 5.82 Å². The molecule has 0 saturated carbocycles. The van der Waals surface area contributed by atoms with E-state index in [0.29, 0.717) is 17.9 Å². The van der Waals surface area contributed by atoms with E-state index in [1.807, 2.05) is 12.1 Å². The number of rotatable bonds is 3. The van der Waals surface area contributed by atoms with Crippen LogP contribution in [0.15, 0.2) is 35.2 Å². The number of para-hydroxylation sites is 1. The zero-order valence-corrected chi connectivity index (χ0v) is 10.9. The lowest BCUT2D eigenvalue weighted by Crippen LogP contribution is -2.47. The second kappa shape index (κ2) is 5.23. The molecule has 0 radical (unpaired) electrons. The molecule has 8 heteroatoms. The Labute approximate surface area is 119 Å². The Morgan fingerprint density at radius 1 is 1.43 bits per heavy atom. The van der Waals surface area contributed by atoms with E-state index in [1.165, 1.54) is 4.90 Å². The Bertz CT molecular complexity index is 671. The highest BCUT2D eigenvalue weighted by Gasteiger charge is 2.38. The third kappa shape index (κ3) is 2.42. The zero-order valence-electron chi connectivity index (χ0n) is 10.9. The van der Waals surface area contributed by atoms with Gasteiger partial charge in [0.2, 0.25) is 6.39 Å². The first kappa shape index (κ1) is 13.1. The Morgan fingerprint density at radius 2 is 2.24 bits per heavy atom. The molecule has 2 N–H and O–H groups in total. The molecule has 2 heterocycles. The molecular formula is C13H12N4O4. The summed E-state index contributed by atoms with van der Waals surface area (Å²) in [6.45, 7) is 0.0698. The number of aliphatic carboxylic acids is 1. The molecule has 1 unspecified atom stereocenters. The number of hydrogen-bond acceptors (Lipinski definition) is 5. The molecule has 0 spiro atoms. The highest BCUT2D eigenvalue weighted by atomic mass is 16.5. The van der Waals surface area contributed by atoms with E-state index < -0.39 is 18.0 Å². The monoisotopic (exact) mass is 288 g/mol. The van der Waals surface area contributed by atoms with E-state index in [2.05, 4.69) is 20.0 Å². The van der Waals surface area contributed by atoms with Crippen molar-refractivity contribution in [3.63, 3.8) is 0 Å². The largest absolute Gasteiger partial charge is 0.480 e. The molecule has 1 aromatic heterocycles. The minimum Gasteiger partial charge on any atom is -0.480 e. The third-order valence-electron chi connectivity index (χ3n) is 3.28. The highest BCUT2D eigenvalue weighted by Crippen LogP contribution is 2.32. The fourth-order valence-corrected chi connectivity index (χ4v) is 2.34. The molecule has 2 aromatic rings. The SMILES string of the molecule is O=C(O)C1Cc2ccccc2N1C(=O)NCc1ncon1. The fourth-order valence-electron chi connectivity index (χ4n) is 2.34. The molecular weight excluding hydrogens is 276 g/mol. The normalized spacial score (nSPS) is 16.6. The molecule has 0 fully saturated rings. The topological polar surface area (TPSA) is 109 Å². The van der Waals surface area contributed by atoms with Crippen LogP contribution in [-0.4, -0.2) is 33.3 Å². The molecule has 1 aliphatic heterocycles. The summed E-state index contributed by atoms with van der Waals surface area (Å²) in [7, 11) is 0. The van der Waals surface area contributed by atoms with Gasteiger partial charge < -0.3 is 14.9 Å². The maximum Gasteiger partial charge on any atom is 0.327 e. The van der Waals surface area contributed by atoms with Gasteiger partial charge in [-0.3, -0.25) is 4.90 Å². The molecule has 108 valence electrons. The lowest BCUT2D eigenvalue weighted by atomic mass is 10.1. The van der Waals surface area contributed by atoms with Crippen LogP contribution in [0.1, 0.15) is 11.4 Å². The number of carboxylic acid groups (broad SMARTS) is 1. The summed E-state index contributed by atoms with van der Waals surface area (Å²) in [4.78, 5) is 28.7. The van der Waals surface area contributed by atoms with E-state index in [4.69, 9.17) is 0 Å². The average Bonchev–Trinajstić information content (AvgIpc) is 3.11. The Balaban J connectivity index is 1.80. The number of nitrogens with one attached hydrogen (secondary N) is 1. The number of carbonyl (C=O) groups excluding carboxylic acids is 1. The van der Waals surface area contributed by atoms with Crippen LogP contribution in [0.3, 0.4) is 0 Å². The van der Waals surface area contributed by atoms with E-state index >= 15 is 0 Å². The van der Waals surface area contributed by atoms with Gasteiger partial charge >= 0.3 is 12.0 Å². The number of amides is 2. The van der Waals surface area contributed by atoms with Gasteiger partial charge in [0, 0.05) is 12.1 Å². The molecule has 1 aliphatic rings. The number of carbonyl (C=O) groups is 2. The smallest absolute Gasteiger partial charge is 0.327 e. The van der Waals surface area contributed by atoms with Crippen molar-refractivity contribution in [3.8, 4) is 0 Å². The summed E-state index contributed by atoms with van der Waals surface area (Å²) >= 11 is 0. The number of aromatic nitrogens is 2. The summed E-state index contributed by atoms with van der Waals surface area (Å²) in [6, 6.07) is 5.72. The van der Waals surface area contributed by atoms with Crippen LogP contribution >= 0.6 is 0 Å². The van der Waals surface area contributed by atoms with Gasteiger partial charge in [0.1, 0.15) is 6.04 Å². The first-order chi connectivity index (χ1) is 10.2. The Hall–Kier alpha value is -2.90. The van der Waals surface area contributed by atoms with Crippen LogP contribution in [0, 0.1) is 0 Å². The molecule has 21 heavy (non-hydrogen) atoms. The van der Waals surface area contributed by atoms with Crippen LogP contribution < -0.4 is 10.2 Å². The standard InChI is InChI=1S/C13H12N4O4/c18-12(19)10-5-8-3-1-2-4-9(8)17(10)13(20)14-6-11-15-7-21-16-11/h1-4,7,10H,5-6H2,(H,14,20)(H,18,19). The van der Waals surface area contributed by atoms with Crippen molar-refractivity contribution in [2.75, 3.05) is 4.90 Å². The van der Waals surface area contributed by atoms with Crippen LogP contribution in [-0.2, 0) is 17.8 Å². The highest BCUT2D eigenvalue weighted by molar-refractivity contribution is 6.00. The first-order valence-electron chi connectivity index (χ1n) is 6.30. The van der Waals surface area contributed by atoms with Crippen LogP contribution in [0.2, 0.25) is 0 Å². The minimum absolute atomic E-state index is 0.0698. The van der Waals surface area contributed by atoms with Crippen LogP contribution in [0.25, 0.3) is 0 Å². The lowest BCUT2D eigenvalue weighted by molar-refractivity contribution is -0.138. The van der Waals surface area contributed by atoms with Gasteiger partial charge in [-0.25, -0.2) is 9.59 Å². The fraction of sp³-hybridized carbons (Fsp3) is 0.231. The van der Waals surface area contributed by atoms with E-state index in [1.54, 1.807) is 12.1 Å². The number of anilines is 1. The quantitative estimate of drug-likeness (QED) is 0.864. The van der Waals surface area contributed by atoms with Gasteiger partial charge in [0.25, 0.3) is 0 Å². The summed E-state index contributed by atoms with van der Waals surface area (Å²) in [5, 5.41) is 15.5. The maximum absolute atomic E-state index is 12.3. The number of fused-ring (bicyclic) bond motifs is 1. The van der Waals surface area contributed by atoms with Crippen molar-refractivity contribution in [1.82, 2.24) is 15.5 Å². The zero-order chi connectivity index (χ0) is 14.8. The second-order valence-corrected chi connectivity index (χ2v) is 4.56. The van der Waals surface area contributed by atoms with Crippen molar-refractivity contribution >= 4 is 17.7 Å². The third-order valence-corrected chi connectivity index (χ3v) is 3.28. The van der Waals surface area contributed by atoms with E-state index in [0.717, 1.165) is 12.0 Å². The lowest BCUT2D eigenvalue weighted by Gasteiger charge is -2.22. The predicted octanol–water partition coefficient (Wildman–Crippen LogP) is 0.795. The molecule has 0 bridgehead atoms. The first-order valence-corrected chi connectivity index (χ1v) is 6.30. The molecule has 0 saturated heterocycles. The molecule has 2 amide bonds. The van der Waals surface area contributed by atoms with E-state index in [-0.39, 0.29) is 6.54 Å². The minimum atomic E-state index is -1.04. The molecule has 8 nitrogen and oxygen atoms in total. The molecule has 0 aliphatic carbocycles. The summed E-state index contributed by atoms with van der Waals surface area (Å²) in [5.74, 6) is -0.719. The van der Waals surface area contributed by atoms with Crippen LogP contribution in [0.5, 0.6) is 0 Å². The van der Waals surface area contributed by atoms with Crippen molar-refractivity contribution < 1.29 is 19.2 Å². The van der Waals surface area contributed by atoms with Gasteiger partial charge in [-0.05, 0) is 11.6 Å². The summed E-state index contributed by atoms with van der Waals surface area (Å²) in [6.07, 6.45) is 1.45.